The largest absolute Gasteiger partial charge is 0.326 e. The summed E-state index contributed by atoms with van der Waals surface area (Å²) in [6.45, 7) is 2.42. The van der Waals surface area contributed by atoms with Crippen LogP contribution in [-0.2, 0) is 20.0 Å². The molecule has 0 aliphatic rings. The second-order valence-electron chi connectivity index (χ2n) is 3.17. The van der Waals surface area contributed by atoms with E-state index in [9.17, 15) is 4.79 Å². The maximum absolute atomic E-state index is 11.6. The maximum atomic E-state index is 11.6. The van der Waals surface area contributed by atoms with Gasteiger partial charge in [0.1, 0.15) is 0 Å². The lowest BCUT2D eigenvalue weighted by Gasteiger charge is -2.08. The van der Waals surface area contributed by atoms with E-state index in [-0.39, 0.29) is 5.56 Å². The van der Waals surface area contributed by atoms with Gasteiger partial charge in [-0.2, -0.15) is 0 Å². The number of aromatic nitrogens is 1. The first-order valence-corrected chi connectivity index (χ1v) is 4.58. The molecule has 0 saturated carbocycles. The van der Waals surface area contributed by atoms with E-state index < -0.39 is 0 Å². The van der Waals surface area contributed by atoms with Crippen molar-refractivity contribution in [1.82, 2.24) is 4.57 Å². The van der Waals surface area contributed by atoms with Gasteiger partial charge in [-0.1, -0.05) is 19.4 Å². The predicted octanol–water partition coefficient (Wildman–Crippen LogP) is 0.797. The lowest BCUT2D eigenvalue weighted by Crippen LogP contribution is -2.25. The fourth-order valence-corrected chi connectivity index (χ4v) is 1.39. The lowest BCUT2D eigenvalue weighted by atomic mass is 10.2. The summed E-state index contributed by atoms with van der Waals surface area (Å²) in [5.74, 6) is 0. The second kappa shape index (κ2) is 4.23. The van der Waals surface area contributed by atoms with Crippen LogP contribution in [0.3, 0.4) is 0 Å². The van der Waals surface area contributed by atoms with E-state index in [0.717, 1.165) is 18.5 Å². The zero-order chi connectivity index (χ0) is 9.84. The van der Waals surface area contributed by atoms with E-state index in [0.29, 0.717) is 12.1 Å². The Morgan fingerprint density at radius 3 is 2.69 bits per heavy atom. The van der Waals surface area contributed by atoms with Crippen LogP contribution in [0.2, 0.25) is 0 Å². The molecule has 0 aliphatic carbocycles. The third-order valence-electron chi connectivity index (χ3n) is 2.21. The molecule has 0 bridgehead atoms. The van der Waals surface area contributed by atoms with Gasteiger partial charge in [-0.3, -0.25) is 4.79 Å². The van der Waals surface area contributed by atoms with Crippen LogP contribution in [0.15, 0.2) is 16.9 Å². The minimum atomic E-state index is 0.0356. The van der Waals surface area contributed by atoms with E-state index in [4.69, 9.17) is 5.73 Å². The Labute approximate surface area is 78.2 Å². The standard InChI is InChI=1S/C10H16N2O/c1-3-4-9-6-5-8(7-11)10(13)12(9)2/h5-6H,3-4,7,11H2,1-2H3. The molecule has 3 nitrogen and oxygen atoms in total. The van der Waals surface area contributed by atoms with Crippen molar-refractivity contribution in [3.8, 4) is 0 Å². The number of hydrogen-bond acceptors (Lipinski definition) is 2. The van der Waals surface area contributed by atoms with Crippen molar-refractivity contribution < 1.29 is 0 Å². The van der Waals surface area contributed by atoms with E-state index in [1.807, 2.05) is 12.1 Å². The molecule has 0 unspecified atom stereocenters. The fraction of sp³-hybridized carbons (Fsp3) is 0.500. The van der Waals surface area contributed by atoms with Crippen LogP contribution in [0.1, 0.15) is 24.6 Å². The van der Waals surface area contributed by atoms with Gasteiger partial charge in [0, 0.05) is 24.8 Å². The Bertz CT molecular complexity index is 341. The number of hydrogen-bond donors (Lipinski definition) is 1. The maximum Gasteiger partial charge on any atom is 0.254 e. The molecular formula is C10H16N2O. The average Bonchev–Trinajstić information content (AvgIpc) is 2.14. The number of aryl methyl sites for hydroxylation is 1. The second-order valence-corrected chi connectivity index (χ2v) is 3.17. The summed E-state index contributed by atoms with van der Waals surface area (Å²) < 4.78 is 1.69. The molecule has 0 amide bonds. The molecule has 1 rings (SSSR count). The summed E-state index contributed by atoms with van der Waals surface area (Å²) in [6, 6.07) is 3.81. The summed E-state index contributed by atoms with van der Waals surface area (Å²) in [4.78, 5) is 11.6. The zero-order valence-corrected chi connectivity index (χ0v) is 8.21. The summed E-state index contributed by atoms with van der Waals surface area (Å²) >= 11 is 0. The van der Waals surface area contributed by atoms with E-state index in [1.165, 1.54) is 0 Å². The van der Waals surface area contributed by atoms with Crippen LogP contribution in [0, 0.1) is 0 Å². The first-order chi connectivity index (χ1) is 6.20. The molecule has 0 spiro atoms. The highest BCUT2D eigenvalue weighted by atomic mass is 16.1. The lowest BCUT2D eigenvalue weighted by molar-refractivity contribution is 0.734. The van der Waals surface area contributed by atoms with Crippen LogP contribution in [0.4, 0.5) is 0 Å². The van der Waals surface area contributed by atoms with Crippen molar-refractivity contribution in [2.24, 2.45) is 12.8 Å². The van der Waals surface area contributed by atoms with Crippen molar-refractivity contribution in [2.45, 2.75) is 26.3 Å². The van der Waals surface area contributed by atoms with Crippen LogP contribution < -0.4 is 11.3 Å². The Kier molecular flexibility index (Phi) is 3.25. The van der Waals surface area contributed by atoms with Gasteiger partial charge in [0.15, 0.2) is 0 Å². The minimum Gasteiger partial charge on any atom is -0.326 e. The number of nitrogens with zero attached hydrogens (tertiary/aromatic N) is 1. The Balaban J connectivity index is 3.15. The van der Waals surface area contributed by atoms with Gasteiger partial charge in [-0.15, -0.1) is 0 Å². The SMILES string of the molecule is CCCc1ccc(CN)c(=O)n1C. The fourth-order valence-electron chi connectivity index (χ4n) is 1.39. The first-order valence-electron chi connectivity index (χ1n) is 4.58. The van der Waals surface area contributed by atoms with E-state index in [2.05, 4.69) is 6.92 Å². The van der Waals surface area contributed by atoms with E-state index >= 15 is 0 Å². The van der Waals surface area contributed by atoms with Crippen LogP contribution in [-0.4, -0.2) is 4.57 Å². The molecule has 0 aromatic carbocycles. The third kappa shape index (κ3) is 1.98. The van der Waals surface area contributed by atoms with Gasteiger partial charge in [-0.05, 0) is 12.5 Å². The molecule has 2 N–H and O–H groups in total. The molecule has 0 radical (unpaired) electrons. The first kappa shape index (κ1) is 9.99. The molecular weight excluding hydrogens is 164 g/mol. The van der Waals surface area contributed by atoms with Crippen molar-refractivity contribution in [3.05, 3.63) is 33.7 Å². The van der Waals surface area contributed by atoms with Crippen LogP contribution >= 0.6 is 0 Å². The molecule has 0 atom stereocenters. The van der Waals surface area contributed by atoms with Gasteiger partial charge in [0.25, 0.3) is 5.56 Å². The average molecular weight is 180 g/mol. The smallest absolute Gasteiger partial charge is 0.254 e. The van der Waals surface area contributed by atoms with Gasteiger partial charge in [0.05, 0.1) is 0 Å². The summed E-state index contributed by atoms with van der Waals surface area (Å²) in [5.41, 5.74) is 7.22. The van der Waals surface area contributed by atoms with E-state index in [1.54, 1.807) is 11.6 Å². The quantitative estimate of drug-likeness (QED) is 0.747. The molecule has 0 saturated heterocycles. The van der Waals surface area contributed by atoms with Gasteiger partial charge in [-0.25, -0.2) is 0 Å². The molecule has 13 heavy (non-hydrogen) atoms. The highest BCUT2D eigenvalue weighted by Crippen LogP contribution is 2.00. The summed E-state index contributed by atoms with van der Waals surface area (Å²) in [6.07, 6.45) is 1.99. The Morgan fingerprint density at radius 2 is 2.15 bits per heavy atom. The summed E-state index contributed by atoms with van der Waals surface area (Å²) in [5, 5.41) is 0. The molecule has 1 heterocycles. The minimum absolute atomic E-state index is 0.0356. The number of rotatable bonds is 3. The van der Waals surface area contributed by atoms with Crippen LogP contribution in [0.25, 0.3) is 0 Å². The molecule has 3 heteroatoms. The highest BCUT2D eigenvalue weighted by molar-refractivity contribution is 5.15. The zero-order valence-electron chi connectivity index (χ0n) is 8.21. The normalized spacial score (nSPS) is 10.4. The topological polar surface area (TPSA) is 48.0 Å². The number of nitrogens with two attached hydrogens (primary N) is 1. The third-order valence-corrected chi connectivity index (χ3v) is 2.21. The monoisotopic (exact) mass is 180 g/mol. The number of pyridine rings is 1. The molecule has 0 aliphatic heterocycles. The van der Waals surface area contributed by atoms with Gasteiger partial charge < -0.3 is 10.3 Å². The van der Waals surface area contributed by atoms with Crippen molar-refractivity contribution in [1.29, 1.82) is 0 Å². The summed E-state index contributed by atoms with van der Waals surface area (Å²) in [7, 11) is 1.80. The van der Waals surface area contributed by atoms with Gasteiger partial charge in [0.2, 0.25) is 0 Å². The highest BCUT2D eigenvalue weighted by Gasteiger charge is 2.02. The molecule has 72 valence electrons. The van der Waals surface area contributed by atoms with Crippen molar-refractivity contribution >= 4 is 0 Å². The van der Waals surface area contributed by atoms with Gasteiger partial charge >= 0.3 is 0 Å². The molecule has 1 aromatic heterocycles. The predicted molar refractivity (Wildman–Crippen MR) is 53.6 cm³/mol. The Morgan fingerprint density at radius 1 is 1.46 bits per heavy atom. The molecule has 0 fully saturated rings. The Hall–Kier alpha value is -1.09. The molecule has 1 aromatic rings. The van der Waals surface area contributed by atoms with Crippen LogP contribution in [0.5, 0.6) is 0 Å². The van der Waals surface area contributed by atoms with Crippen molar-refractivity contribution in [3.63, 3.8) is 0 Å². The van der Waals surface area contributed by atoms with Crippen molar-refractivity contribution in [2.75, 3.05) is 0 Å².